The molecule has 21 heavy (non-hydrogen) atoms. The quantitative estimate of drug-likeness (QED) is 0.387. The first-order chi connectivity index (χ1) is 9.67. The number of phenolic OH excluding ortho intramolecular Hbond substituents is 3. The molecule has 6 heteroatoms. The molecule has 1 aromatic rings. The van der Waals surface area contributed by atoms with Crippen molar-refractivity contribution < 1.29 is 25.2 Å². The highest BCUT2D eigenvalue weighted by atomic mass is 16.4. The Bertz CT molecular complexity index is 513. The number of rotatable bonds is 7. The van der Waals surface area contributed by atoms with E-state index in [1.54, 1.807) is 0 Å². The molecular weight excluding hydrogens is 274 g/mol. The van der Waals surface area contributed by atoms with Crippen LogP contribution in [0.4, 0.5) is 0 Å². The van der Waals surface area contributed by atoms with Gasteiger partial charge in [0, 0.05) is 11.6 Å². The topological polar surface area (TPSA) is 124 Å². The molecule has 0 spiro atoms. The first kappa shape index (κ1) is 17.1. The highest BCUT2D eigenvalue weighted by Gasteiger charge is 2.30. The number of hydrogen-bond acceptors (Lipinski definition) is 5. The summed E-state index contributed by atoms with van der Waals surface area (Å²) < 4.78 is 0. The molecule has 0 fully saturated rings. The first-order valence-corrected chi connectivity index (χ1v) is 6.93. The molecule has 0 saturated carbocycles. The number of aromatic hydroxyl groups is 3. The maximum atomic E-state index is 11.1. The largest absolute Gasteiger partial charge is 0.508 e. The van der Waals surface area contributed by atoms with Gasteiger partial charge in [-0.1, -0.05) is 13.3 Å². The third kappa shape index (κ3) is 4.53. The van der Waals surface area contributed by atoms with Crippen LogP contribution in [0.1, 0.15) is 38.7 Å². The number of aliphatic carboxylic acids is 1. The number of aryl methyl sites for hydroxylation is 1. The summed E-state index contributed by atoms with van der Waals surface area (Å²) in [5.41, 5.74) is 4.90. The van der Waals surface area contributed by atoms with Crippen LogP contribution in [0.2, 0.25) is 0 Å². The normalized spacial score (nSPS) is 15.4. The average Bonchev–Trinajstić information content (AvgIpc) is 2.39. The van der Waals surface area contributed by atoms with Crippen molar-refractivity contribution in [1.29, 1.82) is 0 Å². The van der Waals surface area contributed by atoms with E-state index in [0.29, 0.717) is 24.8 Å². The van der Waals surface area contributed by atoms with E-state index >= 15 is 0 Å². The third-order valence-corrected chi connectivity index (χ3v) is 3.75. The fourth-order valence-electron chi connectivity index (χ4n) is 2.35. The molecule has 0 heterocycles. The zero-order valence-corrected chi connectivity index (χ0v) is 12.3. The van der Waals surface area contributed by atoms with Gasteiger partial charge in [-0.2, -0.15) is 0 Å². The number of carbonyl (C=O) groups is 1. The van der Waals surface area contributed by atoms with Crippen LogP contribution in [0.5, 0.6) is 17.2 Å². The molecule has 0 aliphatic heterocycles. The van der Waals surface area contributed by atoms with Crippen molar-refractivity contribution in [3.63, 3.8) is 0 Å². The van der Waals surface area contributed by atoms with E-state index in [4.69, 9.17) is 10.8 Å². The zero-order chi connectivity index (χ0) is 16.2. The molecular formula is C15H23NO5. The molecule has 0 bridgehead atoms. The molecule has 0 amide bonds. The Balaban J connectivity index is 2.74. The summed E-state index contributed by atoms with van der Waals surface area (Å²) in [7, 11) is 0. The van der Waals surface area contributed by atoms with Crippen molar-refractivity contribution in [2.45, 2.75) is 45.1 Å². The lowest BCUT2D eigenvalue weighted by atomic mass is 9.84. The number of hydrogen-bond donors (Lipinski definition) is 5. The molecule has 6 N–H and O–H groups in total. The molecule has 1 aromatic carbocycles. The second-order valence-corrected chi connectivity index (χ2v) is 5.71. The fourth-order valence-corrected chi connectivity index (χ4v) is 2.35. The lowest BCUT2D eigenvalue weighted by Gasteiger charge is -2.25. The summed E-state index contributed by atoms with van der Waals surface area (Å²) in [6.07, 6.45) is 2.10. The van der Waals surface area contributed by atoms with Crippen LogP contribution in [0.15, 0.2) is 12.1 Å². The summed E-state index contributed by atoms with van der Waals surface area (Å²) in [5.74, 6) is -1.72. The molecule has 2 unspecified atom stereocenters. The average molecular weight is 297 g/mol. The smallest absolute Gasteiger partial charge is 0.323 e. The van der Waals surface area contributed by atoms with Crippen LogP contribution >= 0.6 is 0 Å². The molecule has 1 rings (SSSR count). The van der Waals surface area contributed by atoms with Crippen molar-refractivity contribution in [1.82, 2.24) is 0 Å². The van der Waals surface area contributed by atoms with Gasteiger partial charge in [-0.25, -0.2) is 0 Å². The standard InChI is InChI=1S/C15H23NO5/c1-3-9(8-15(2,16)14(20)21)4-5-10-6-11(17)7-12(18)13(10)19/h6-7,9,17-19H,3-5,8,16H2,1-2H3,(H,20,21). The van der Waals surface area contributed by atoms with Gasteiger partial charge in [0.25, 0.3) is 0 Å². The van der Waals surface area contributed by atoms with Gasteiger partial charge in [-0.15, -0.1) is 0 Å². The highest BCUT2D eigenvalue weighted by molar-refractivity contribution is 5.77. The third-order valence-electron chi connectivity index (χ3n) is 3.75. The van der Waals surface area contributed by atoms with E-state index in [0.717, 1.165) is 12.5 Å². The molecule has 6 nitrogen and oxygen atoms in total. The number of benzene rings is 1. The Labute approximate surface area is 123 Å². The maximum absolute atomic E-state index is 11.1. The van der Waals surface area contributed by atoms with E-state index in [1.165, 1.54) is 13.0 Å². The van der Waals surface area contributed by atoms with Crippen molar-refractivity contribution >= 4 is 5.97 Å². The van der Waals surface area contributed by atoms with Crippen LogP contribution in [-0.4, -0.2) is 31.9 Å². The molecule has 0 saturated heterocycles. The SMILES string of the molecule is CCC(CCc1cc(O)cc(O)c1O)CC(C)(N)C(=O)O. The molecule has 118 valence electrons. The van der Waals surface area contributed by atoms with E-state index in [1.807, 2.05) is 6.92 Å². The zero-order valence-electron chi connectivity index (χ0n) is 12.3. The van der Waals surface area contributed by atoms with Gasteiger partial charge in [0.1, 0.15) is 11.3 Å². The van der Waals surface area contributed by atoms with Gasteiger partial charge in [-0.05, 0) is 38.2 Å². The van der Waals surface area contributed by atoms with Crippen LogP contribution in [0.25, 0.3) is 0 Å². The molecule has 0 aliphatic carbocycles. The van der Waals surface area contributed by atoms with Gasteiger partial charge < -0.3 is 26.2 Å². The summed E-state index contributed by atoms with van der Waals surface area (Å²) in [4.78, 5) is 11.1. The second-order valence-electron chi connectivity index (χ2n) is 5.71. The van der Waals surface area contributed by atoms with Crippen LogP contribution in [-0.2, 0) is 11.2 Å². The number of carboxylic acid groups (broad SMARTS) is 1. The Morgan fingerprint density at radius 1 is 1.33 bits per heavy atom. The van der Waals surface area contributed by atoms with Crippen LogP contribution in [0.3, 0.4) is 0 Å². The van der Waals surface area contributed by atoms with Gasteiger partial charge >= 0.3 is 5.97 Å². The van der Waals surface area contributed by atoms with E-state index in [9.17, 15) is 20.1 Å². The number of carboxylic acids is 1. The summed E-state index contributed by atoms with van der Waals surface area (Å²) in [5, 5.41) is 37.7. The van der Waals surface area contributed by atoms with E-state index in [2.05, 4.69) is 0 Å². The van der Waals surface area contributed by atoms with Crippen molar-refractivity contribution in [2.24, 2.45) is 11.7 Å². The van der Waals surface area contributed by atoms with E-state index < -0.39 is 11.5 Å². The number of nitrogens with two attached hydrogens (primary N) is 1. The van der Waals surface area contributed by atoms with Gasteiger partial charge in [0.15, 0.2) is 11.5 Å². The molecule has 2 atom stereocenters. The maximum Gasteiger partial charge on any atom is 0.323 e. The lowest BCUT2D eigenvalue weighted by molar-refractivity contribution is -0.143. The molecule has 0 aliphatic rings. The minimum atomic E-state index is -1.29. The van der Waals surface area contributed by atoms with Crippen LogP contribution < -0.4 is 5.73 Å². The van der Waals surface area contributed by atoms with Crippen molar-refractivity contribution in [3.8, 4) is 17.2 Å². The van der Waals surface area contributed by atoms with Gasteiger partial charge in [-0.3, -0.25) is 4.79 Å². The second kappa shape index (κ2) is 6.67. The van der Waals surface area contributed by atoms with Crippen molar-refractivity contribution in [2.75, 3.05) is 0 Å². The van der Waals surface area contributed by atoms with Gasteiger partial charge in [0.2, 0.25) is 0 Å². The summed E-state index contributed by atoms with van der Waals surface area (Å²) >= 11 is 0. The molecule has 0 radical (unpaired) electrons. The Hall–Kier alpha value is -1.95. The Morgan fingerprint density at radius 3 is 2.48 bits per heavy atom. The minimum Gasteiger partial charge on any atom is -0.508 e. The van der Waals surface area contributed by atoms with Gasteiger partial charge in [0.05, 0.1) is 0 Å². The molecule has 0 aromatic heterocycles. The van der Waals surface area contributed by atoms with Crippen LogP contribution in [0, 0.1) is 5.92 Å². The first-order valence-electron chi connectivity index (χ1n) is 6.93. The Morgan fingerprint density at radius 2 is 1.95 bits per heavy atom. The summed E-state index contributed by atoms with van der Waals surface area (Å²) in [6, 6.07) is 2.46. The summed E-state index contributed by atoms with van der Waals surface area (Å²) in [6.45, 7) is 3.43. The Kier molecular flexibility index (Phi) is 5.43. The van der Waals surface area contributed by atoms with E-state index in [-0.39, 0.29) is 23.2 Å². The minimum absolute atomic E-state index is 0.0694. The fraction of sp³-hybridized carbons (Fsp3) is 0.533. The lowest BCUT2D eigenvalue weighted by Crippen LogP contribution is -2.46. The number of phenols is 3. The monoisotopic (exact) mass is 297 g/mol. The van der Waals surface area contributed by atoms with Crippen molar-refractivity contribution in [3.05, 3.63) is 17.7 Å². The highest BCUT2D eigenvalue weighted by Crippen LogP contribution is 2.35. The predicted molar refractivity (Wildman–Crippen MR) is 78.4 cm³/mol. The predicted octanol–water partition coefficient (Wildman–Crippen LogP) is 1.95.